The van der Waals surface area contributed by atoms with Crippen LogP contribution in [0, 0.1) is 6.92 Å². The number of aryl methyl sites for hydroxylation is 2. The van der Waals surface area contributed by atoms with Crippen LogP contribution in [0.1, 0.15) is 28.2 Å². The lowest BCUT2D eigenvalue weighted by Gasteiger charge is -2.31. The van der Waals surface area contributed by atoms with Crippen LogP contribution in [-0.4, -0.2) is 46.8 Å². The number of hydrogen-bond acceptors (Lipinski definition) is 4. The quantitative estimate of drug-likeness (QED) is 0.918. The molecule has 1 aliphatic heterocycles. The summed E-state index contributed by atoms with van der Waals surface area (Å²) in [7, 11) is 3.92. The lowest BCUT2D eigenvalue weighted by Crippen LogP contribution is -2.43. The van der Waals surface area contributed by atoms with Crippen molar-refractivity contribution >= 4 is 27.5 Å². The predicted molar refractivity (Wildman–Crippen MR) is 81.3 cm³/mol. The van der Waals surface area contributed by atoms with E-state index in [1.807, 2.05) is 36.7 Å². The summed E-state index contributed by atoms with van der Waals surface area (Å²) in [6.07, 6.45) is 2.07. The molecule has 0 spiro atoms. The second kappa shape index (κ2) is 5.18. The highest BCUT2D eigenvalue weighted by Gasteiger charge is 2.24. The average Bonchev–Trinajstić information content (AvgIpc) is 3.01. The Labute approximate surface area is 122 Å². The average molecular weight is 292 g/mol. The number of carbonyl (C=O) groups excluding carboxylic acids is 1. The van der Waals surface area contributed by atoms with Gasteiger partial charge >= 0.3 is 0 Å². The first-order valence-electron chi connectivity index (χ1n) is 7.00. The number of nitrogens with one attached hydrogen (secondary N) is 1. The Hall–Kier alpha value is -1.40. The van der Waals surface area contributed by atoms with Crippen molar-refractivity contribution in [1.82, 2.24) is 20.0 Å². The second-order valence-corrected chi connectivity index (χ2v) is 6.42. The SMILES string of the molecule is CNC1CCN(C(=O)c2cc3c(C)nn(C)c3s2)CC1. The van der Waals surface area contributed by atoms with Crippen LogP contribution in [0.15, 0.2) is 6.07 Å². The molecule has 1 N–H and O–H groups in total. The van der Waals surface area contributed by atoms with Gasteiger partial charge in [-0.15, -0.1) is 11.3 Å². The van der Waals surface area contributed by atoms with E-state index in [0.717, 1.165) is 46.7 Å². The van der Waals surface area contributed by atoms with E-state index in [-0.39, 0.29) is 5.91 Å². The molecule has 5 nitrogen and oxygen atoms in total. The maximum absolute atomic E-state index is 12.6. The molecular formula is C14H20N4OS. The van der Waals surface area contributed by atoms with Crippen molar-refractivity contribution in [3.8, 4) is 0 Å². The van der Waals surface area contributed by atoms with Crippen LogP contribution in [0.5, 0.6) is 0 Å². The lowest BCUT2D eigenvalue weighted by atomic mass is 10.1. The van der Waals surface area contributed by atoms with Crippen LogP contribution in [0.3, 0.4) is 0 Å². The van der Waals surface area contributed by atoms with E-state index in [1.165, 1.54) is 0 Å². The fourth-order valence-corrected chi connectivity index (χ4v) is 3.93. The van der Waals surface area contributed by atoms with Gasteiger partial charge in [0.15, 0.2) is 0 Å². The molecule has 108 valence electrons. The third kappa shape index (κ3) is 2.23. The number of likely N-dealkylation sites (tertiary alicyclic amines) is 1. The molecule has 3 heterocycles. The van der Waals surface area contributed by atoms with Crippen LogP contribution < -0.4 is 5.32 Å². The molecule has 2 aromatic heterocycles. The Balaban J connectivity index is 1.81. The third-order valence-electron chi connectivity index (χ3n) is 4.10. The number of hydrogen-bond donors (Lipinski definition) is 1. The highest BCUT2D eigenvalue weighted by molar-refractivity contribution is 7.20. The largest absolute Gasteiger partial charge is 0.338 e. The predicted octanol–water partition coefficient (Wildman–Crippen LogP) is 1.77. The highest BCUT2D eigenvalue weighted by atomic mass is 32.1. The van der Waals surface area contributed by atoms with Gasteiger partial charge in [-0.05, 0) is 32.9 Å². The molecule has 0 aliphatic carbocycles. The molecule has 20 heavy (non-hydrogen) atoms. The number of amides is 1. The Bertz CT molecular complexity index is 602. The normalized spacial score (nSPS) is 17.1. The summed E-state index contributed by atoms with van der Waals surface area (Å²) in [4.78, 5) is 16.5. The van der Waals surface area contributed by atoms with Gasteiger partial charge in [0.1, 0.15) is 4.83 Å². The second-order valence-electron chi connectivity index (χ2n) is 5.39. The van der Waals surface area contributed by atoms with Gasteiger partial charge < -0.3 is 10.2 Å². The summed E-state index contributed by atoms with van der Waals surface area (Å²) in [5.74, 6) is 0.167. The smallest absolute Gasteiger partial charge is 0.264 e. The minimum Gasteiger partial charge on any atom is -0.338 e. The van der Waals surface area contributed by atoms with Crippen LogP contribution in [0.4, 0.5) is 0 Å². The number of carbonyl (C=O) groups is 1. The minimum atomic E-state index is 0.167. The van der Waals surface area contributed by atoms with Crippen LogP contribution >= 0.6 is 11.3 Å². The maximum atomic E-state index is 12.6. The number of thiophene rings is 1. The minimum absolute atomic E-state index is 0.167. The van der Waals surface area contributed by atoms with Gasteiger partial charge in [-0.25, -0.2) is 0 Å². The van der Waals surface area contributed by atoms with Gasteiger partial charge in [0.2, 0.25) is 0 Å². The number of fused-ring (bicyclic) bond motifs is 1. The number of aromatic nitrogens is 2. The molecule has 2 aromatic rings. The molecule has 0 bridgehead atoms. The Morgan fingerprint density at radius 2 is 2.15 bits per heavy atom. The van der Waals surface area contributed by atoms with Crippen molar-refractivity contribution in [3.63, 3.8) is 0 Å². The van der Waals surface area contributed by atoms with Crippen LogP contribution in [0.2, 0.25) is 0 Å². The first kappa shape index (κ1) is 13.6. The topological polar surface area (TPSA) is 50.2 Å². The van der Waals surface area contributed by atoms with Crippen molar-refractivity contribution in [3.05, 3.63) is 16.6 Å². The molecule has 0 aromatic carbocycles. The van der Waals surface area contributed by atoms with Gasteiger partial charge in [-0.2, -0.15) is 5.10 Å². The van der Waals surface area contributed by atoms with Gasteiger partial charge in [-0.1, -0.05) is 0 Å². The Morgan fingerprint density at radius 3 is 2.75 bits per heavy atom. The highest BCUT2D eigenvalue weighted by Crippen LogP contribution is 2.29. The first-order chi connectivity index (χ1) is 9.60. The zero-order valence-corrected chi connectivity index (χ0v) is 13.0. The van der Waals surface area contributed by atoms with E-state index < -0.39 is 0 Å². The van der Waals surface area contributed by atoms with Gasteiger partial charge in [0.05, 0.1) is 10.6 Å². The van der Waals surface area contributed by atoms with E-state index in [4.69, 9.17) is 0 Å². The lowest BCUT2D eigenvalue weighted by molar-refractivity contribution is 0.0712. The zero-order valence-electron chi connectivity index (χ0n) is 12.1. The molecule has 0 saturated carbocycles. The van der Waals surface area contributed by atoms with Gasteiger partial charge in [0.25, 0.3) is 5.91 Å². The number of rotatable bonds is 2. The monoisotopic (exact) mass is 292 g/mol. The van der Waals surface area contributed by atoms with E-state index in [9.17, 15) is 4.79 Å². The van der Waals surface area contributed by atoms with Crippen molar-refractivity contribution in [2.45, 2.75) is 25.8 Å². The third-order valence-corrected chi connectivity index (χ3v) is 5.29. The molecule has 3 rings (SSSR count). The summed E-state index contributed by atoms with van der Waals surface area (Å²) in [5, 5.41) is 8.77. The van der Waals surface area contributed by atoms with Crippen molar-refractivity contribution in [2.24, 2.45) is 7.05 Å². The standard InChI is InChI=1S/C14H20N4OS/c1-9-11-8-12(20-14(11)17(3)16-9)13(19)18-6-4-10(15-2)5-7-18/h8,10,15H,4-7H2,1-3H3. The molecular weight excluding hydrogens is 272 g/mol. The molecule has 0 atom stereocenters. The van der Waals surface area contributed by atoms with Crippen molar-refractivity contribution in [2.75, 3.05) is 20.1 Å². The maximum Gasteiger partial charge on any atom is 0.264 e. The Kier molecular flexibility index (Phi) is 3.52. The number of piperidine rings is 1. The van der Waals surface area contributed by atoms with E-state index in [1.54, 1.807) is 11.3 Å². The van der Waals surface area contributed by atoms with Gasteiger partial charge in [-0.3, -0.25) is 9.48 Å². The molecule has 6 heteroatoms. The summed E-state index contributed by atoms with van der Waals surface area (Å²) >= 11 is 1.55. The Morgan fingerprint density at radius 1 is 1.45 bits per heavy atom. The van der Waals surface area contributed by atoms with E-state index in [2.05, 4.69) is 10.4 Å². The molecule has 1 aliphatic rings. The van der Waals surface area contributed by atoms with Crippen molar-refractivity contribution in [1.29, 1.82) is 0 Å². The molecule has 0 radical (unpaired) electrons. The van der Waals surface area contributed by atoms with Crippen LogP contribution in [-0.2, 0) is 7.05 Å². The summed E-state index contributed by atoms with van der Waals surface area (Å²) in [6.45, 7) is 3.67. The van der Waals surface area contributed by atoms with Crippen molar-refractivity contribution < 1.29 is 4.79 Å². The van der Waals surface area contributed by atoms with E-state index in [0.29, 0.717) is 6.04 Å². The molecule has 1 fully saturated rings. The van der Waals surface area contributed by atoms with Gasteiger partial charge in [0, 0.05) is 31.6 Å². The zero-order chi connectivity index (χ0) is 14.3. The first-order valence-corrected chi connectivity index (χ1v) is 7.81. The fourth-order valence-electron chi connectivity index (χ4n) is 2.84. The molecule has 1 amide bonds. The summed E-state index contributed by atoms with van der Waals surface area (Å²) in [6, 6.07) is 2.54. The summed E-state index contributed by atoms with van der Waals surface area (Å²) < 4.78 is 1.86. The summed E-state index contributed by atoms with van der Waals surface area (Å²) in [5.41, 5.74) is 0.992. The fraction of sp³-hybridized carbons (Fsp3) is 0.571. The number of nitrogens with zero attached hydrogens (tertiary/aromatic N) is 3. The molecule has 1 saturated heterocycles. The van der Waals surface area contributed by atoms with Crippen LogP contribution in [0.25, 0.3) is 10.2 Å². The van der Waals surface area contributed by atoms with E-state index >= 15 is 0 Å². The molecule has 0 unspecified atom stereocenters.